The van der Waals surface area contributed by atoms with Crippen molar-refractivity contribution in [3.8, 4) is 6.07 Å². The van der Waals surface area contributed by atoms with Crippen molar-refractivity contribution in [3.05, 3.63) is 0 Å². The Hall–Kier alpha value is -0.550. The molecule has 0 aromatic heterocycles. The molecule has 2 nitrogen and oxygen atoms in total. The fourth-order valence-corrected chi connectivity index (χ4v) is 4.04. The summed E-state index contributed by atoms with van der Waals surface area (Å²) in [5, 5.41) is 9.41. The van der Waals surface area contributed by atoms with Crippen LogP contribution in [0.5, 0.6) is 0 Å². The van der Waals surface area contributed by atoms with Crippen molar-refractivity contribution in [3.63, 3.8) is 0 Å². The number of nitriles is 1. The zero-order valence-corrected chi connectivity index (χ0v) is 12.1. The van der Waals surface area contributed by atoms with Gasteiger partial charge in [-0.1, -0.05) is 33.1 Å². The van der Waals surface area contributed by atoms with Crippen LogP contribution in [-0.2, 0) is 0 Å². The molecule has 0 aromatic carbocycles. The van der Waals surface area contributed by atoms with E-state index < -0.39 is 0 Å². The minimum atomic E-state index is 0.281. The molecule has 2 saturated carbocycles. The van der Waals surface area contributed by atoms with Gasteiger partial charge in [-0.25, -0.2) is 0 Å². The van der Waals surface area contributed by atoms with Crippen molar-refractivity contribution in [2.24, 2.45) is 11.8 Å². The summed E-state index contributed by atoms with van der Waals surface area (Å²) < 4.78 is 0. The van der Waals surface area contributed by atoms with E-state index >= 15 is 0 Å². The zero-order chi connectivity index (χ0) is 13.0. The molecular formula is C16H28N2. The summed E-state index contributed by atoms with van der Waals surface area (Å²) in [6.07, 6.45) is 10.5. The van der Waals surface area contributed by atoms with Gasteiger partial charge in [0.25, 0.3) is 0 Å². The van der Waals surface area contributed by atoms with Crippen LogP contribution in [0.15, 0.2) is 0 Å². The molecule has 102 valence electrons. The zero-order valence-electron chi connectivity index (χ0n) is 12.1. The van der Waals surface area contributed by atoms with E-state index in [1.54, 1.807) is 0 Å². The molecule has 0 amide bonds. The lowest BCUT2D eigenvalue weighted by Crippen LogP contribution is -2.49. The lowest BCUT2D eigenvalue weighted by Gasteiger charge is -2.44. The third kappa shape index (κ3) is 3.06. The topological polar surface area (TPSA) is 27.0 Å². The summed E-state index contributed by atoms with van der Waals surface area (Å²) in [6, 6.07) is 3.88. The SMILES string of the molecule is CCN(C1CCCCC1)C1CC(C)CCC1C#N. The van der Waals surface area contributed by atoms with Crippen molar-refractivity contribution in [1.29, 1.82) is 5.26 Å². The first-order valence-corrected chi connectivity index (χ1v) is 7.91. The molecule has 0 spiro atoms. The molecule has 0 heterocycles. The number of hydrogen-bond acceptors (Lipinski definition) is 2. The molecule has 2 heteroatoms. The molecule has 0 bridgehead atoms. The second-order valence-corrected chi connectivity index (χ2v) is 6.34. The van der Waals surface area contributed by atoms with E-state index in [-0.39, 0.29) is 5.92 Å². The van der Waals surface area contributed by atoms with Crippen molar-refractivity contribution in [2.75, 3.05) is 6.54 Å². The molecule has 2 fully saturated rings. The normalized spacial score (nSPS) is 34.4. The fourth-order valence-electron chi connectivity index (χ4n) is 4.04. The van der Waals surface area contributed by atoms with E-state index in [9.17, 15) is 5.26 Å². The van der Waals surface area contributed by atoms with Gasteiger partial charge in [0, 0.05) is 12.1 Å². The Balaban J connectivity index is 2.06. The van der Waals surface area contributed by atoms with Gasteiger partial charge in [0.05, 0.1) is 12.0 Å². The monoisotopic (exact) mass is 248 g/mol. The van der Waals surface area contributed by atoms with Gasteiger partial charge in [-0.2, -0.15) is 5.26 Å². The Morgan fingerprint density at radius 1 is 1.11 bits per heavy atom. The maximum Gasteiger partial charge on any atom is 0.0672 e. The van der Waals surface area contributed by atoms with Crippen LogP contribution in [0.4, 0.5) is 0 Å². The molecule has 2 aliphatic carbocycles. The molecule has 2 aliphatic rings. The Morgan fingerprint density at radius 2 is 1.83 bits per heavy atom. The van der Waals surface area contributed by atoms with E-state index in [2.05, 4.69) is 24.8 Å². The number of nitrogens with zero attached hydrogens (tertiary/aromatic N) is 2. The van der Waals surface area contributed by atoms with Crippen molar-refractivity contribution >= 4 is 0 Å². The average Bonchev–Trinajstić information content (AvgIpc) is 2.41. The van der Waals surface area contributed by atoms with E-state index in [1.807, 2.05) is 0 Å². The first kappa shape index (κ1) is 13.9. The molecule has 18 heavy (non-hydrogen) atoms. The highest BCUT2D eigenvalue weighted by molar-refractivity contribution is 4.98. The summed E-state index contributed by atoms with van der Waals surface area (Å²) in [5.74, 6) is 1.08. The van der Waals surface area contributed by atoms with Gasteiger partial charge >= 0.3 is 0 Å². The molecule has 0 aromatic rings. The van der Waals surface area contributed by atoms with Gasteiger partial charge in [-0.05, 0) is 44.6 Å². The molecular weight excluding hydrogens is 220 g/mol. The first-order valence-electron chi connectivity index (χ1n) is 7.91. The standard InChI is InChI=1S/C16H28N2/c1-3-18(15-7-5-4-6-8-15)16-11-13(2)9-10-14(16)12-17/h13-16H,3-11H2,1-2H3. The summed E-state index contributed by atoms with van der Waals surface area (Å²) in [5.41, 5.74) is 0. The van der Waals surface area contributed by atoms with E-state index in [4.69, 9.17) is 0 Å². The third-order valence-corrected chi connectivity index (χ3v) is 5.08. The molecule has 0 N–H and O–H groups in total. The van der Waals surface area contributed by atoms with Gasteiger partial charge in [-0.3, -0.25) is 4.90 Å². The van der Waals surface area contributed by atoms with E-state index in [1.165, 1.54) is 44.9 Å². The molecule has 2 rings (SSSR count). The maximum absolute atomic E-state index is 9.41. The molecule has 3 atom stereocenters. The Kier molecular flexibility index (Phi) is 5.06. The van der Waals surface area contributed by atoms with Crippen LogP contribution in [-0.4, -0.2) is 23.5 Å². The minimum Gasteiger partial charge on any atom is -0.296 e. The first-order chi connectivity index (χ1) is 8.76. The van der Waals surface area contributed by atoms with Crippen molar-refractivity contribution in [2.45, 2.75) is 77.3 Å². The van der Waals surface area contributed by atoms with Gasteiger partial charge in [0.15, 0.2) is 0 Å². The quantitative estimate of drug-likeness (QED) is 0.755. The van der Waals surface area contributed by atoms with Crippen LogP contribution in [0.25, 0.3) is 0 Å². The van der Waals surface area contributed by atoms with Gasteiger partial charge in [0.2, 0.25) is 0 Å². The Morgan fingerprint density at radius 3 is 2.44 bits per heavy atom. The van der Waals surface area contributed by atoms with E-state index in [0.29, 0.717) is 6.04 Å². The minimum absolute atomic E-state index is 0.281. The van der Waals surface area contributed by atoms with Crippen molar-refractivity contribution < 1.29 is 0 Å². The molecule has 3 unspecified atom stereocenters. The summed E-state index contributed by atoms with van der Waals surface area (Å²) in [7, 11) is 0. The largest absolute Gasteiger partial charge is 0.296 e. The predicted octanol–water partition coefficient (Wildman–Crippen LogP) is 3.97. The highest BCUT2D eigenvalue weighted by atomic mass is 15.2. The van der Waals surface area contributed by atoms with Crippen LogP contribution < -0.4 is 0 Å². The lowest BCUT2D eigenvalue weighted by molar-refractivity contribution is 0.0533. The van der Waals surface area contributed by atoms with Crippen LogP contribution in [0.1, 0.15) is 65.2 Å². The summed E-state index contributed by atoms with van der Waals surface area (Å²) >= 11 is 0. The van der Waals surface area contributed by atoms with Crippen LogP contribution >= 0.6 is 0 Å². The van der Waals surface area contributed by atoms with Crippen LogP contribution in [0, 0.1) is 23.2 Å². The predicted molar refractivity (Wildman–Crippen MR) is 75.2 cm³/mol. The second-order valence-electron chi connectivity index (χ2n) is 6.34. The number of hydrogen-bond donors (Lipinski definition) is 0. The molecule has 0 saturated heterocycles. The lowest BCUT2D eigenvalue weighted by atomic mass is 9.77. The summed E-state index contributed by atoms with van der Waals surface area (Å²) in [6.45, 7) is 5.76. The Bertz CT molecular complexity index is 288. The maximum atomic E-state index is 9.41. The third-order valence-electron chi connectivity index (χ3n) is 5.08. The van der Waals surface area contributed by atoms with E-state index in [0.717, 1.165) is 24.9 Å². The Labute approximate surface area is 112 Å². The van der Waals surface area contributed by atoms with Crippen molar-refractivity contribution in [1.82, 2.24) is 4.90 Å². The molecule has 0 radical (unpaired) electrons. The highest BCUT2D eigenvalue weighted by Gasteiger charge is 2.35. The van der Waals surface area contributed by atoms with Crippen LogP contribution in [0.3, 0.4) is 0 Å². The summed E-state index contributed by atoms with van der Waals surface area (Å²) in [4.78, 5) is 2.68. The smallest absolute Gasteiger partial charge is 0.0672 e. The second kappa shape index (κ2) is 6.57. The average molecular weight is 248 g/mol. The molecule has 0 aliphatic heterocycles. The van der Waals surface area contributed by atoms with Gasteiger partial charge in [0.1, 0.15) is 0 Å². The number of rotatable bonds is 3. The fraction of sp³-hybridized carbons (Fsp3) is 0.938. The van der Waals surface area contributed by atoms with Crippen LogP contribution in [0.2, 0.25) is 0 Å². The highest BCUT2D eigenvalue weighted by Crippen LogP contribution is 2.35. The van der Waals surface area contributed by atoms with Gasteiger partial charge in [-0.15, -0.1) is 0 Å². The van der Waals surface area contributed by atoms with Gasteiger partial charge < -0.3 is 0 Å².